The molecule has 0 radical (unpaired) electrons. The number of carbonyl (C=O) groups is 1. The Kier molecular flexibility index (Phi) is 9.08. The molecule has 4 aromatic carbocycles. The van der Waals surface area contributed by atoms with Crippen LogP contribution in [0.3, 0.4) is 0 Å². The standard InChI is InChI=1S/C33H25Cl2F3N2O3/c34-26-12-15-28(29(35)18-26)30-20-40(19-21-2-4-25(5-3-21)32(41)42)31(39-30)24-8-6-22(7-9-24)23-10-13-27(14-11-23)43-17-1-16-33(36,37)38/h2-15,18,20H,1,16-17,19H2,(H,41,42). The van der Waals surface area contributed by atoms with Gasteiger partial charge in [-0.15, -0.1) is 0 Å². The van der Waals surface area contributed by atoms with Crippen LogP contribution in [0.15, 0.2) is 97.2 Å². The maximum absolute atomic E-state index is 12.3. The molecule has 0 unspecified atom stereocenters. The monoisotopic (exact) mass is 624 g/mol. The minimum absolute atomic E-state index is 0.00682. The summed E-state index contributed by atoms with van der Waals surface area (Å²) in [5.74, 6) is 0.213. The quantitative estimate of drug-likeness (QED) is 0.157. The van der Waals surface area contributed by atoms with Crippen LogP contribution in [0.4, 0.5) is 13.2 Å². The zero-order valence-corrected chi connectivity index (χ0v) is 24.1. The van der Waals surface area contributed by atoms with Crippen LogP contribution in [0.2, 0.25) is 10.0 Å². The maximum Gasteiger partial charge on any atom is 0.389 e. The van der Waals surface area contributed by atoms with E-state index >= 15 is 0 Å². The second-order valence-corrected chi connectivity index (χ2v) is 10.7. The minimum Gasteiger partial charge on any atom is -0.494 e. The van der Waals surface area contributed by atoms with Gasteiger partial charge in [0.2, 0.25) is 0 Å². The molecule has 43 heavy (non-hydrogen) atoms. The van der Waals surface area contributed by atoms with E-state index in [4.69, 9.17) is 32.9 Å². The molecule has 220 valence electrons. The number of hydrogen-bond acceptors (Lipinski definition) is 3. The number of halogens is 5. The Bertz CT molecular complexity index is 1720. The summed E-state index contributed by atoms with van der Waals surface area (Å²) in [5.41, 5.74) is 5.21. The fraction of sp³-hybridized carbons (Fsp3) is 0.152. The lowest BCUT2D eigenvalue weighted by molar-refractivity contribution is -0.136. The van der Waals surface area contributed by atoms with Gasteiger partial charge >= 0.3 is 12.1 Å². The van der Waals surface area contributed by atoms with Crippen LogP contribution in [0.5, 0.6) is 5.75 Å². The molecule has 0 fully saturated rings. The Morgan fingerprint density at radius 2 is 1.49 bits per heavy atom. The van der Waals surface area contributed by atoms with Gasteiger partial charge in [0.1, 0.15) is 11.6 Å². The lowest BCUT2D eigenvalue weighted by atomic mass is 10.0. The van der Waals surface area contributed by atoms with Crippen LogP contribution < -0.4 is 4.74 Å². The number of nitrogens with zero attached hydrogens (tertiary/aromatic N) is 2. The zero-order chi connectivity index (χ0) is 30.6. The highest BCUT2D eigenvalue weighted by atomic mass is 35.5. The molecule has 10 heteroatoms. The molecule has 1 heterocycles. The van der Waals surface area contributed by atoms with Gasteiger partial charge in [-0.05, 0) is 65.6 Å². The topological polar surface area (TPSA) is 64.3 Å². The fourth-order valence-corrected chi connectivity index (χ4v) is 5.07. The van der Waals surface area contributed by atoms with E-state index in [9.17, 15) is 23.1 Å². The number of alkyl halides is 3. The molecular weight excluding hydrogens is 600 g/mol. The number of benzene rings is 4. The van der Waals surface area contributed by atoms with E-state index in [0.717, 1.165) is 27.8 Å². The van der Waals surface area contributed by atoms with Gasteiger partial charge < -0.3 is 14.4 Å². The van der Waals surface area contributed by atoms with E-state index in [0.29, 0.717) is 33.9 Å². The molecule has 5 rings (SSSR count). The number of imidazole rings is 1. The normalized spacial score (nSPS) is 11.5. The molecule has 0 saturated carbocycles. The summed E-state index contributed by atoms with van der Waals surface area (Å²) in [6.07, 6.45) is -3.26. The number of rotatable bonds is 10. The van der Waals surface area contributed by atoms with Gasteiger partial charge in [0, 0.05) is 35.3 Å². The highest BCUT2D eigenvalue weighted by Gasteiger charge is 2.26. The molecule has 1 aromatic heterocycles. The summed E-state index contributed by atoms with van der Waals surface area (Å²) in [5, 5.41) is 10.2. The lowest BCUT2D eigenvalue weighted by Crippen LogP contribution is -2.09. The molecule has 0 saturated heterocycles. The molecule has 1 N–H and O–H groups in total. The van der Waals surface area contributed by atoms with Crippen molar-refractivity contribution < 1.29 is 27.8 Å². The molecule has 0 bridgehead atoms. The van der Waals surface area contributed by atoms with Crippen molar-refractivity contribution in [2.45, 2.75) is 25.6 Å². The van der Waals surface area contributed by atoms with Gasteiger partial charge in [0.05, 0.1) is 22.9 Å². The largest absolute Gasteiger partial charge is 0.494 e. The Morgan fingerprint density at radius 1 is 0.860 bits per heavy atom. The van der Waals surface area contributed by atoms with Crippen LogP contribution in [-0.2, 0) is 6.54 Å². The molecule has 0 aliphatic carbocycles. The Labute approximate surface area is 256 Å². The van der Waals surface area contributed by atoms with Crippen molar-refractivity contribution in [1.29, 1.82) is 0 Å². The number of carboxylic acid groups (broad SMARTS) is 1. The van der Waals surface area contributed by atoms with E-state index in [2.05, 4.69) is 0 Å². The van der Waals surface area contributed by atoms with Crippen LogP contribution in [-0.4, -0.2) is 33.4 Å². The Hall–Kier alpha value is -4.27. The van der Waals surface area contributed by atoms with E-state index in [1.165, 1.54) is 0 Å². The zero-order valence-electron chi connectivity index (χ0n) is 22.6. The SMILES string of the molecule is O=C(O)c1ccc(Cn2cc(-c3ccc(Cl)cc3Cl)nc2-c2ccc(-c3ccc(OCCCC(F)(F)F)cc3)cc2)cc1. The van der Waals surface area contributed by atoms with Crippen LogP contribution >= 0.6 is 23.2 Å². The maximum atomic E-state index is 12.3. The number of aromatic carboxylic acids is 1. The molecule has 0 atom stereocenters. The number of aromatic nitrogens is 2. The predicted octanol–water partition coefficient (Wildman–Crippen LogP) is 9.66. The number of carboxylic acids is 1. The van der Waals surface area contributed by atoms with Crippen molar-refractivity contribution in [3.63, 3.8) is 0 Å². The van der Waals surface area contributed by atoms with Crippen molar-refractivity contribution in [3.05, 3.63) is 118 Å². The number of ether oxygens (including phenoxy) is 1. The highest BCUT2D eigenvalue weighted by molar-refractivity contribution is 6.36. The van der Waals surface area contributed by atoms with E-state index in [-0.39, 0.29) is 18.6 Å². The highest BCUT2D eigenvalue weighted by Crippen LogP contribution is 2.33. The molecule has 0 aliphatic rings. The average Bonchev–Trinajstić information content (AvgIpc) is 3.38. The molecule has 5 nitrogen and oxygen atoms in total. The molecule has 5 aromatic rings. The van der Waals surface area contributed by atoms with Crippen LogP contribution in [0.25, 0.3) is 33.8 Å². The van der Waals surface area contributed by atoms with Gasteiger partial charge in [-0.2, -0.15) is 13.2 Å². The molecule has 0 spiro atoms. The summed E-state index contributed by atoms with van der Waals surface area (Å²) in [6.45, 7) is 0.437. The molecular formula is C33H25Cl2F3N2O3. The summed E-state index contributed by atoms with van der Waals surface area (Å²) in [4.78, 5) is 16.2. The first-order valence-corrected chi connectivity index (χ1v) is 14.1. The summed E-state index contributed by atoms with van der Waals surface area (Å²) in [7, 11) is 0. The fourth-order valence-electron chi connectivity index (χ4n) is 4.56. The van der Waals surface area contributed by atoms with Gasteiger partial charge in [-0.25, -0.2) is 9.78 Å². The third-order valence-corrected chi connectivity index (χ3v) is 7.29. The lowest BCUT2D eigenvalue weighted by Gasteiger charge is -2.10. The van der Waals surface area contributed by atoms with E-state index in [1.54, 1.807) is 48.5 Å². The minimum atomic E-state index is -4.19. The first-order chi connectivity index (χ1) is 20.6. The summed E-state index contributed by atoms with van der Waals surface area (Å²) >= 11 is 12.6. The van der Waals surface area contributed by atoms with Crippen LogP contribution in [0, 0.1) is 0 Å². The molecule has 0 amide bonds. The second kappa shape index (κ2) is 12.9. The van der Waals surface area contributed by atoms with E-state index in [1.807, 2.05) is 53.2 Å². The second-order valence-electron chi connectivity index (χ2n) is 9.87. The smallest absolute Gasteiger partial charge is 0.389 e. The third kappa shape index (κ3) is 7.77. The van der Waals surface area contributed by atoms with Gasteiger partial charge in [0.25, 0.3) is 0 Å². The third-order valence-electron chi connectivity index (χ3n) is 6.74. The van der Waals surface area contributed by atoms with Gasteiger partial charge in [-0.3, -0.25) is 0 Å². The van der Waals surface area contributed by atoms with Gasteiger partial charge in [0.15, 0.2) is 0 Å². The van der Waals surface area contributed by atoms with Crippen molar-refractivity contribution in [3.8, 4) is 39.5 Å². The first kappa shape index (κ1) is 30.2. The summed E-state index contributed by atoms with van der Waals surface area (Å²) < 4.78 is 44.4. The predicted molar refractivity (Wildman–Crippen MR) is 162 cm³/mol. The van der Waals surface area contributed by atoms with Crippen molar-refractivity contribution >= 4 is 29.2 Å². The van der Waals surface area contributed by atoms with Crippen molar-refractivity contribution in [2.24, 2.45) is 0 Å². The Morgan fingerprint density at radius 3 is 2.09 bits per heavy atom. The van der Waals surface area contributed by atoms with E-state index < -0.39 is 18.6 Å². The van der Waals surface area contributed by atoms with Crippen molar-refractivity contribution in [2.75, 3.05) is 6.61 Å². The van der Waals surface area contributed by atoms with Gasteiger partial charge in [-0.1, -0.05) is 71.7 Å². The van der Waals surface area contributed by atoms with Crippen molar-refractivity contribution in [1.82, 2.24) is 9.55 Å². The average molecular weight is 625 g/mol. The Balaban J connectivity index is 1.38. The number of hydrogen-bond donors (Lipinski definition) is 1. The first-order valence-electron chi connectivity index (χ1n) is 13.3. The summed E-state index contributed by atoms with van der Waals surface area (Å²) in [6, 6.07) is 26.9. The molecule has 0 aliphatic heterocycles. The van der Waals surface area contributed by atoms with Crippen LogP contribution in [0.1, 0.15) is 28.8 Å².